The summed E-state index contributed by atoms with van der Waals surface area (Å²) in [6, 6.07) is 1.61. The number of rotatable bonds is 7. The Kier molecular flexibility index (Phi) is 6.23. The van der Waals surface area contributed by atoms with Gasteiger partial charge in [0.25, 0.3) is 0 Å². The minimum absolute atomic E-state index is 0.0638. The Bertz CT molecular complexity index is 1200. The Hall–Kier alpha value is -2.86. The van der Waals surface area contributed by atoms with E-state index < -0.39 is 30.0 Å². The molecule has 0 radical (unpaired) electrons. The van der Waals surface area contributed by atoms with Crippen molar-refractivity contribution in [3.05, 3.63) is 55.1 Å². The predicted molar refractivity (Wildman–Crippen MR) is 110 cm³/mol. The van der Waals surface area contributed by atoms with Crippen LogP contribution < -0.4 is 4.87 Å². The Morgan fingerprint density at radius 1 is 1.27 bits per heavy atom. The number of allylic oxidation sites excluding steroid dienone is 2. The lowest BCUT2D eigenvalue weighted by atomic mass is 9.83. The lowest BCUT2D eigenvalue weighted by molar-refractivity contribution is -0.141. The van der Waals surface area contributed by atoms with Gasteiger partial charge in [-0.3, -0.25) is 14.4 Å². The van der Waals surface area contributed by atoms with Gasteiger partial charge in [-0.1, -0.05) is 11.3 Å². The highest BCUT2D eigenvalue weighted by Crippen LogP contribution is 2.43. The number of aliphatic hydroxyl groups excluding tert-OH is 1. The summed E-state index contributed by atoms with van der Waals surface area (Å²) in [5, 5.41) is 15.0. The molecule has 2 bridgehead atoms. The average Bonchev–Trinajstić information content (AvgIpc) is 3.33. The van der Waals surface area contributed by atoms with Crippen LogP contribution in [0.1, 0.15) is 46.0 Å². The van der Waals surface area contributed by atoms with Crippen LogP contribution >= 0.6 is 11.3 Å². The fourth-order valence-corrected chi connectivity index (χ4v) is 4.84. The quantitative estimate of drug-likeness (QED) is 0.366. The number of ether oxygens (including phenoxy) is 1. The van der Waals surface area contributed by atoms with Gasteiger partial charge in [-0.15, -0.1) is 0 Å². The second-order valence-corrected chi connectivity index (χ2v) is 9.16. The van der Waals surface area contributed by atoms with E-state index in [4.69, 9.17) is 4.74 Å². The molecule has 0 amide bonds. The molecule has 0 spiro atoms. The molecule has 12 heteroatoms. The van der Waals surface area contributed by atoms with Crippen LogP contribution in [0.5, 0.6) is 0 Å². The van der Waals surface area contributed by atoms with Crippen molar-refractivity contribution in [2.24, 2.45) is 11.8 Å². The van der Waals surface area contributed by atoms with Crippen molar-refractivity contribution in [1.29, 1.82) is 0 Å². The molecule has 0 aliphatic heterocycles. The van der Waals surface area contributed by atoms with Crippen LogP contribution in [-0.2, 0) is 28.9 Å². The number of pyridine rings is 1. The molecule has 1 saturated carbocycles. The van der Waals surface area contributed by atoms with Gasteiger partial charge in [-0.2, -0.15) is 18.3 Å². The van der Waals surface area contributed by atoms with Gasteiger partial charge >= 0.3 is 11.0 Å². The van der Waals surface area contributed by atoms with Crippen LogP contribution in [0.4, 0.5) is 13.2 Å². The molecule has 2 atom stereocenters. The molecule has 2 aromatic rings. The van der Waals surface area contributed by atoms with Crippen LogP contribution in [0.15, 0.2) is 28.3 Å². The van der Waals surface area contributed by atoms with E-state index in [0.29, 0.717) is 30.3 Å². The minimum atomic E-state index is -4.75. The molecule has 1 fully saturated rings. The predicted octanol–water partition coefficient (Wildman–Crippen LogP) is 3.24. The van der Waals surface area contributed by atoms with E-state index in [9.17, 15) is 32.7 Å². The summed E-state index contributed by atoms with van der Waals surface area (Å²) < 4.78 is 46.2. The van der Waals surface area contributed by atoms with Gasteiger partial charge in [0.2, 0.25) is 5.78 Å². The number of ketones is 2. The molecule has 0 saturated heterocycles. The second-order valence-electron chi connectivity index (χ2n) is 8.01. The van der Waals surface area contributed by atoms with Gasteiger partial charge in [0.15, 0.2) is 5.78 Å². The van der Waals surface area contributed by atoms with Crippen LogP contribution in [0.25, 0.3) is 0 Å². The normalized spacial score (nSPS) is 20.5. The van der Waals surface area contributed by atoms with Crippen molar-refractivity contribution in [1.82, 2.24) is 14.8 Å². The maximum Gasteiger partial charge on any atom is 0.433 e. The number of carbonyl (C=O) groups is 2. The van der Waals surface area contributed by atoms with E-state index in [0.717, 1.165) is 17.4 Å². The van der Waals surface area contributed by atoms with Crippen molar-refractivity contribution in [2.45, 2.75) is 45.5 Å². The molecule has 1 N–H and O–H groups in total. The maximum atomic E-state index is 13.2. The van der Waals surface area contributed by atoms with Crippen molar-refractivity contribution < 1.29 is 32.6 Å². The topological polar surface area (TPSA) is 111 Å². The summed E-state index contributed by atoms with van der Waals surface area (Å²) in [6.45, 7) is 1.21. The number of halogens is 3. The zero-order valence-electron chi connectivity index (χ0n) is 17.5. The Morgan fingerprint density at radius 2 is 2.00 bits per heavy atom. The number of hydrogen-bond acceptors (Lipinski definition) is 8. The SMILES string of the molecule is Cc1nn(CCOCc2nc(C(F)(F)F)ccc2C(=O)C2=C(O)C3CCC(C3)C2=O)c(=O)s1. The number of carbonyl (C=O) groups excluding carboxylic acids is 2. The van der Waals surface area contributed by atoms with E-state index in [-0.39, 0.29) is 52.5 Å². The van der Waals surface area contributed by atoms with Gasteiger partial charge < -0.3 is 9.84 Å². The van der Waals surface area contributed by atoms with Gasteiger partial charge in [-0.05, 0) is 38.3 Å². The Labute approximate surface area is 189 Å². The highest BCUT2D eigenvalue weighted by molar-refractivity contribution is 7.08. The molecule has 2 heterocycles. The molecule has 33 heavy (non-hydrogen) atoms. The molecule has 8 nitrogen and oxygen atoms in total. The number of aromatic nitrogens is 3. The number of fused-ring (bicyclic) bond motifs is 2. The van der Waals surface area contributed by atoms with Crippen molar-refractivity contribution in [3.8, 4) is 0 Å². The average molecular weight is 483 g/mol. The van der Waals surface area contributed by atoms with Gasteiger partial charge in [0.05, 0.1) is 25.5 Å². The largest absolute Gasteiger partial charge is 0.511 e. The second kappa shape index (κ2) is 8.82. The van der Waals surface area contributed by atoms with Crippen LogP contribution in [0, 0.1) is 18.8 Å². The van der Waals surface area contributed by atoms with Crippen LogP contribution in [-0.4, -0.2) is 38.0 Å². The fourth-order valence-electron chi connectivity index (χ4n) is 4.21. The lowest BCUT2D eigenvalue weighted by Crippen LogP contribution is -2.28. The Morgan fingerprint density at radius 3 is 2.67 bits per heavy atom. The third kappa shape index (κ3) is 4.62. The molecular weight excluding hydrogens is 463 g/mol. The van der Waals surface area contributed by atoms with Crippen molar-refractivity contribution in [2.75, 3.05) is 6.61 Å². The van der Waals surface area contributed by atoms with Crippen molar-refractivity contribution in [3.63, 3.8) is 0 Å². The van der Waals surface area contributed by atoms with Crippen molar-refractivity contribution >= 4 is 22.9 Å². The number of alkyl halides is 3. The first kappa shape index (κ1) is 23.3. The van der Waals surface area contributed by atoms with E-state index in [1.165, 1.54) is 4.68 Å². The molecule has 2 aliphatic rings. The number of Topliss-reactive ketones (excluding diaryl/α,β-unsaturated/α-hetero) is 2. The summed E-state index contributed by atoms with van der Waals surface area (Å²) in [5.74, 6) is -2.32. The monoisotopic (exact) mass is 483 g/mol. The third-order valence-electron chi connectivity index (χ3n) is 5.82. The smallest absolute Gasteiger partial charge is 0.433 e. The highest BCUT2D eigenvalue weighted by Gasteiger charge is 2.44. The third-order valence-corrected chi connectivity index (χ3v) is 6.58. The van der Waals surface area contributed by atoms with E-state index >= 15 is 0 Å². The first-order valence-electron chi connectivity index (χ1n) is 10.3. The zero-order valence-corrected chi connectivity index (χ0v) is 18.3. The first-order chi connectivity index (χ1) is 15.6. The minimum Gasteiger partial charge on any atom is -0.511 e. The standard InChI is InChI=1S/C21H20F3N3O5S/c1-10-26-27(20(31)33-10)6-7-32-9-14-13(4-5-15(25-14)21(22,23)24)19(30)16-17(28)11-2-3-12(8-11)18(16)29/h4-5,11-12,28H,2-3,6-9H2,1H3. The number of aliphatic hydroxyl groups is 1. The fraction of sp³-hybridized carbons (Fsp3) is 0.476. The number of aryl methyl sites for hydroxylation is 1. The highest BCUT2D eigenvalue weighted by atomic mass is 32.1. The van der Waals surface area contributed by atoms with Gasteiger partial charge in [-0.25, -0.2) is 9.67 Å². The molecule has 4 rings (SSSR count). The summed E-state index contributed by atoms with van der Waals surface area (Å²) >= 11 is 0.954. The van der Waals surface area contributed by atoms with E-state index in [1.807, 2.05) is 0 Å². The summed E-state index contributed by atoms with van der Waals surface area (Å²) in [5.41, 5.74) is -2.12. The number of nitrogens with zero attached hydrogens (tertiary/aromatic N) is 3. The van der Waals surface area contributed by atoms with Gasteiger partial charge in [0, 0.05) is 17.4 Å². The summed E-state index contributed by atoms with van der Waals surface area (Å²) in [4.78, 5) is 40.8. The summed E-state index contributed by atoms with van der Waals surface area (Å²) in [6.07, 6.45) is -3.14. The van der Waals surface area contributed by atoms with Gasteiger partial charge in [0.1, 0.15) is 22.0 Å². The lowest BCUT2D eigenvalue weighted by Gasteiger charge is -2.21. The molecule has 0 aromatic carbocycles. The summed E-state index contributed by atoms with van der Waals surface area (Å²) in [7, 11) is 0. The number of hydrogen-bond donors (Lipinski definition) is 1. The zero-order chi connectivity index (χ0) is 23.9. The van der Waals surface area contributed by atoms with Crippen LogP contribution in [0.3, 0.4) is 0 Å². The van der Waals surface area contributed by atoms with Crippen LogP contribution in [0.2, 0.25) is 0 Å². The van der Waals surface area contributed by atoms with E-state index in [1.54, 1.807) is 6.92 Å². The molecule has 2 unspecified atom stereocenters. The molecule has 176 valence electrons. The molecule has 2 aliphatic carbocycles. The molecular formula is C21H20F3N3O5S. The molecule has 2 aromatic heterocycles. The first-order valence-corrected chi connectivity index (χ1v) is 11.1. The van der Waals surface area contributed by atoms with E-state index in [2.05, 4.69) is 10.1 Å². The Balaban J connectivity index is 1.59. The maximum absolute atomic E-state index is 13.2.